The molecular formula is C13H18N2O2. The number of carbonyl (C=O) groups is 1. The van der Waals surface area contributed by atoms with Crippen molar-refractivity contribution in [1.82, 2.24) is 4.90 Å². The van der Waals surface area contributed by atoms with Crippen molar-refractivity contribution >= 4 is 11.6 Å². The molecule has 2 aliphatic heterocycles. The van der Waals surface area contributed by atoms with E-state index in [1.165, 1.54) is 0 Å². The van der Waals surface area contributed by atoms with Gasteiger partial charge in [-0.25, -0.2) is 0 Å². The van der Waals surface area contributed by atoms with Crippen molar-refractivity contribution in [2.24, 2.45) is 11.8 Å². The van der Waals surface area contributed by atoms with Crippen LogP contribution in [0.25, 0.3) is 0 Å². The summed E-state index contributed by atoms with van der Waals surface area (Å²) in [7, 11) is 0. The number of carbonyl (C=O) groups excluding carboxylic acids is 1. The monoisotopic (exact) mass is 234 g/mol. The fourth-order valence-electron chi connectivity index (χ4n) is 2.96. The second-order valence-corrected chi connectivity index (χ2v) is 5.34. The molecule has 1 amide bonds. The number of furan rings is 1. The van der Waals surface area contributed by atoms with E-state index in [1.54, 1.807) is 12.5 Å². The number of rotatable bonds is 2. The highest BCUT2D eigenvalue weighted by molar-refractivity contribution is 5.97. The Morgan fingerprint density at radius 3 is 2.76 bits per heavy atom. The van der Waals surface area contributed by atoms with Gasteiger partial charge >= 0.3 is 0 Å². The largest absolute Gasteiger partial charge is 0.470 e. The highest BCUT2D eigenvalue weighted by Crippen LogP contribution is 2.35. The van der Waals surface area contributed by atoms with Crippen LogP contribution in [0.3, 0.4) is 0 Å². The van der Waals surface area contributed by atoms with Gasteiger partial charge in [0, 0.05) is 37.7 Å². The third-order valence-electron chi connectivity index (χ3n) is 4.02. The fourth-order valence-corrected chi connectivity index (χ4v) is 2.96. The summed E-state index contributed by atoms with van der Waals surface area (Å²) in [5.41, 5.74) is 0.903. The molecule has 2 fully saturated rings. The molecular weight excluding hydrogens is 216 g/mol. The van der Waals surface area contributed by atoms with Gasteiger partial charge in [-0.2, -0.15) is 0 Å². The van der Waals surface area contributed by atoms with E-state index in [9.17, 15) is 4.79 Å². The van der Waals surface area contributed by atoms with Crippen LogP contribution < -0.4 is 4.90 Å². The number of amides is 1. The Kier molecular flexibility index (Phi) is 2.47. The van der Waals surface area contributed by atoms with Gasteiger partial charge in [-0.15, -0.1) is 0 Å². The molecule has 1 aromatic rings. The Labute approximate surface area is 101 Å². The van der Waals surface area contributed by atoms with Gasteiger partial charge in [-0.1, -0.05) is 0 Å². The molecule has 4 nitrogen and oxygen atoms in total. The Morgan fingerprint density at radius 2 is 2.18 bits per heavy atom. The Balaban J connectivity index is 1.76. The molecule has 0 N–H and O–H groups in total. The number of nitrogens with zero attached hydrogens (tertiary/aromatic N) is 2. The van der Waals surface area contributed by atoms with Gasteiger partial charge in [-0.3, -0.25) is 9.69 Å². The van der Waals surface area contributed by atoms with E-state index in [2.05, 4.69) is 18.7 Å². The minimum absolute atomic E-state index is 0.187. The molecule has 92 valence electrons. The molecule has 0 unspecified atom stereocenters. The molecule has 1 aromatic heterocycles. The summed E-state index contributed by atoms with van der Waals surface area (Å²) < 4.78 is 5.05. The zero-order chi connectivity index (χ0) is 12.0. The van der Waals surface area contributed by atoms with Crippen LogP contribution in [0.1, 0.15) is 13.8 Å². The van der Waals surface area contributed by atoms with Crippen LogP contribution in [0.4, 0.5) is 5.69 Å². The average molecular weight is 234 g/mol. The van der Waals surface area contributed by atoms with Crippen LogP contribution in [-0.2, 0) is 4.79 Å². The van der Waals surface area contributed by atoms with E-state index in [4.69, 9.17) is 4.42 Å². The molecule has 0 aromatic carbocycles. The van der Waals surface area contributed by atoms with Gasteiger partial charge in [0.1, 0.15) is 6.26 Å². The van der Waals surface area contributed by atoms with Crippen molar-refractivity contribution in [3.05, 3.63) is 18.6 Å². The van der Waals surface area contributed by atoms with Crippen LogP contribution in [0.2, 0.25) is 0 Å². The average Bonchev–Trinajstić information content (AvgIpc) is 2.95. The van der Waals surface area contributed by atoms with E-state index in [-0.39, 0.29) is 11.8 Å². The number of anilines is 1. The summed E-state index contributed by atoms with van der Waals surface area (Å²) in [6, 6.07) is 2.40. The zero-order valence-electron chi connectivity index (χ0n) is 10.3. The summed E-state index contributed by atoms with van der Waals surface area (Å²) in [6.07, 6.45) is 3.27. The second kappa shape index (κ2) is 3.88. The molecule has 2 atom stereocenters. The lowest BCUT2D eigenvalue weighted by atomic mass is 10.0. The normalized spacial score (nSPS) is 29.4. The van der Waals surface area contributed by atoms with E-state index >= 15 is 0 Å². The quantitative estimate of drug-likeness (QED) is 0.779. The molecule has 2 aliphatic rings. The number of hydrogen-bond donors (Lipinski definition) is 0. The predicted molar refractivity (Wildman–Crippen MR) is 64.8 cm³/mol. The van der Waals surface area contributed by atoms with Crippen LogP contribution in [0, 0.1) is 11.8 Å². The van der Waals surface area contributed by atoms with Crippen LogP contribution in [0.15, 0.2) is 23.0 Å². The summed E-state index contributed by atoms with van der Waals surface area (Å²) in [6.45, 7) is 7.18. The highest BCUT2D eigenvalue weighted by Gasteiger charge is 2.47. The first-order valence-electron chi connectivity index (χ1n) is 6.24. The number of likely N-dealkylation sites (tertiary alicyclic amines) is 1. The third-order valence-corrected chi connectivity index (χ3v) is 4.02. The zero-order valence-corrected chi connectivity index (χ0v) is 10.3. The summed E-state index contributed by atoms with van der Waals surface area (Å²) in [5, 5.41) is 0. The number of fused-ring (bicyclic) bond motifs is 1. The molecule has 0 radical (unpaired) electrons. The lowest BCUT2D eigenvalue weighted by Gasteiger charge is -2.23. The van der Waals surface area contributed by atoms with Gasteiger partial charge < -0.3 is 9.32 Å². The van der Waals surface area contributed by atoms with Crippen molar-refractivity contribution in [1.29, 1.82) is 0 Å². The SMILES string of the molecule is CC(C)N1C[C@@H]2CN(c3ccoc3)C(=O)[C@@H]2C1. The van der Waals surface area contributed by atoms with Crippen LogP contribution in [0.5, 0.6) is 0 Å². The lowest BCUT2D eigenvalue weighted by Crippen LogP contribution is -2.35. The third kappa shape index (κ3) is 1.67. The summed E-state index contributed by atoms with van der Waals surface area (Å²) in [4.78, 5) is 16.6. The Morgan fingerprint density at radius 1 is 1.35 bits per heavy atom. The highest BCUT2D eigenvalue weighted by atomic mass is 16.3. The van der Waals surface area contributed by atoms with Gasteiger partial charge in [0.05, 0.1) is 17.9 Å². The topological polar surface area (TPSA) is 36.7 Å². The second-order valence-electron chi connectivity index (χ2n) is 5.34. The van der Waals surface area contributed by atoms with Crippen molar-refractivity contribution in [2.75, 3.05) is 24.5 Å². The predicted octanol–water partition coefficient (Wildman–Crippen LogP) is 1.58. The smallest absolute Gasteiger partial charge is 0.231 e. The van der Waals surface area contributed by atoms with E-state index in [0.717, 1.165) is 25.3 Å². The van der Waals surface area contributed by atoms with Crippen LogP contribution >= 0.6 is 0 Å². The maximum Gasteiger partial charge on any atom is 0.231 e. The Bertz CT molecular complexity index is 413. The molecule has 4 heteroatoms. The fraction of sp³-hybridized carbons (Fsp3) is 0.615. The molecule has 0 spiro atoms. The number of hydrogen-bond acceptors (Lipinski definition) is 3. The molecule has 0 bridgehead atoms. The first kappa shape index (κ1) is 10.8. The summed E-state index contributed by atoms with van der Waals surface area (Å²) in [5.74, 6) is 0.937. The molecule has 0 saturated carbocycles. The Hall–Kier alpha value is -1.29. The van der Waals surface area contributed by atoms with Gasteiger partial charge in [0.25, 0.3) is 0 Å². The van der Waals surface area contributed by atoms with Gasteiger partial charge in [0.2, 0.25) is 5.91 Å². The molecule has 17 heavy (non-hydrogen) atoms. The molecule has 0 aliphatic carbocycles. The lowest BCUT2D eigenvalue weighted by molar-refractivity contribution is -0.120. The standard InChI is InChI=1S/C13H18N2O2/c1-9(2)14-5-10-6-15(11-3-4-17-8-11)13(16)12(10)7-14/h3-4,8-10,12H,5-7H2,1-2H3/t10-,12-/m1/s1. The maximum absolute atomic E-state index is 12.3. The maximum atomic E-state index is 12.3. The van der Waals surface area contributed by atoms with E-state index in [0.29, 0.717) is 12.0 Å². The molecule has 2 saturated heterocycles. The summed E-state index contributed by atoms with van der Waals surface area (Å²) >= 11 is 0. The van der Waals surface area contributed by atoms with Crippen molar-refractivity contribution < 1.29 is 9.21 Å². The van der Waals surface area contributed by atoms with E-state index in [1.807, 2.05) is 11.0 Å². The van der Waals surface area contributed by atoms with E-state index < -0.39 is 0 Å². The minimum Gasteiger partial charge on any atom is -0.470 e. The van der Waals surface area contributed by atoms with Crippen LogP contribution in [-0.4, -0.2) is 36.5 Å². The minimum atomic E-state index is 0.187. The first-order chi connectivity index (χ1) is 8.16. The van der Waals surface area contributed by atoms with Gasteiger partial charge in [0.15, 0.2) is 0 Å². The molecule has 3 heterocycles. The van der Waals surface area contributed by atoms with Crippen molar-refractivity contribution in [3.8, 4) is 0 Å². The first-order valence-corrected chi connectivity index (χ1v) is 6.24. The van der Waals surface area contributed by atoms with Crippen molar-refractivity contribution in [3.63, 3.8) is 0 Å². The molecule has 3 rings (SSSR count). The van der Waals surface area contributed by atoms with Gasteiger partial charge in [-0.05, 0) is 13.8 Å². The van der Waals surface area contributed by atoms with Crippen molar-refractivity contribution in [2.45, 2.75) is 19.9 Å².